The maximum atomic E-state index is 15.4. The Labute approximate surface area is 227 Å². The predicted octanol–water partition coefficient (Wildman–Crippen LogP) is 4.01. The molecule has 6 rings (SSSR count). The number of aromatic carboxylic acids is 1. The van der Waals surface area contributed by atoms with E-state index in [0.717, 1.165) is 34.9 Å². The van der Waals surface area contributed by atoms with Gasteiger partial charge in [-0.15, -0.1) is 0 Å². The first-order valence-electron chi connectivity index (χ1n) is 12.7. The van der Waals surface area contributed by atoms with Gasteiger partial charge in [-0.05, 0) is 36.8 Å². The van der Waals surface area contributed by atoms with Gasteiger partial charge < -0.3 is 28.9 Å². The number of benzene rings is 2. The minimum absolute atomic E-state index is 0.0586. The summed E-state index contributed by atoms with van der Waals surface area (Å²) in [4.78, 5) is 33.4. The molecule has 4 aromatic rings. The molecule has 2 aliphatic heterocycles. The van der Waals surface area contributed by atoms with E-state index in [4.69, 9.17) is 14.5 Å². The topological polar surface area (TPSA) is 97.1 Å². The van der Waals surface area contributed by atoms with E-state index in [1.165, 1.54) is 18.3 Å². The third kappa shape index (κ3) is 4.88. The molecule has 2 fully saturated rings. The average molecular weight is 551 g/mol. The number of hydrogen-bond donors (Lipinski definition) is 1. The third-order valence-electron chi connectivity index (χ3n) is 7.26. The summed E-state index contributed by atoms with van der Waals surface area (Å²) in [5.41, 5.74) is 1.78. The van der Waals surface area contributed by atoms with Gasteiger partial charge in [-0.25, -0.2) is 14.2 Å². The molecule has 0 unspecified atom stereocenters. The van der Waals surface area contributed by atoms with Gasteiger partial charge in [0.1, 0.15) is 11.4 Å². The second kappa shape index (κ2) is 10.4. The van der Waals surface area contributed by atoms with Crippen LogP contribution in [0.25, 0.3) is 27.2 Å². The fourth-order valence-electron chi connectivity index (χ4n) is 5.13. The van der Waals surface area contributed by atoms with Crippen LogP contribution in [-0.4, -0.2) is 73.2 Å². The highest BCUT2D eigenvalue weighted by Gasteiger charge is 2.25. The van der Waals surface area contributed by atoms with Crippen LogP contribution in [0.5, 0.6) is 0 Å². The molecule has 0 radical (unpaired) electrons. The van der Waals surface area contributed by atoms with Gasteiger partial charge >= 0.3 is 5.97 Å². The van der Waals surface area contributed by atoms with E-state index >= 15 is 4.39 Å². The van der Waals surface area contributed by atoms with Crippen LogP contribution in [0.2, 0.25) is 0 Å². The highest BCUT2D eigenvalue weighted by molar-refractivity contribution is 7.22. The van der Waals surface area contributed by atoms with Gasteiger partial charge in [0.15, 0.2) is 10.6 Å². The number of carbonyl (C=O) groups is 1. The minimum atomic E-state index is -1.32. The Kier molecular flexibility index (Phi) is 6.79. The number of halogens is 1. The molecular formula is C28H27FN4O5S. The van der Waals surface area contributed by atoms with E-state index in [1.54, 1.807) is 35.1 Å². The van der Waals surface area contributed by atoms with Crippen LogP contribution >= 0.6 is 11.3 Å². The van der Waals surface area contributed by atoms with E-state index < -0.39 is 17.2 Å². The number of pyridine rings is 1. The number of anilines is 2. The lowest BCUT2D eigenvalue weighted by atomic mass is 10.1. The number of methoxy groups -OCH3 is 1. The zero-order valence-electron chi connectivity index (χ0n) is 21.3. The van der Waals surface area contributed by atoms with E-state index in [-0.39, 0.29) is 11.7 Å². The van der Waals surface area contributed by atoms with Crippen molar-refractivity contribution < 1.29 is 23.8 Å². The highest BCUT2D eigenvalue weighted by Crippen LogP contribution is 2.33. The summed E-state index contributed by atoms with van der Waals surface area (Å²) in [6.45, 7) is 4.13. The molecule has 1 atom stereocenters. The van der Waals surface area contributed by atoms with Crippen molar-refractivity contribution >= 4 is 38.3 Å². The Bertz CT molecular complexity index is 1610. The summed E-state index contributed by atoms with van der Waals surface area (Å²) < 4.78 is 28.8. The molecule has 0 aliphatic carbocycles. The second-order valence-electron chi connectivity index (χ2n) is 9.62. The summed E-state index contributed by atoms with van der Waals surface area (Å²) in [7, 11) is 1.65. The SMILES string of the molecule is CO[C@@H]1CCN(c2ccc(-c3cc(=O)c(C(=O)O)cn3-c3ccc4nc(N5CCOCC5)sc4c3)cc2F)C1. The molecule has 0 amide bonds. The Balaban J connectivity index is 1.42. The number of morpholine rings is 1. The van der Waals surface area contributed by atoms with Crippen molar-refractivity contribution in [2.45, 2.75) is 12.5 Å². The number of carboxylic acid groups (broad SMARTS) is 1. The van der Waals surface area contributed by atoms with Crippen molar-refractivity contribution in [3.8, 4) is 16.9 Å². The minimum Gasteiger partial charge on any atom is -0.477 e. The van der Waals surface area contributed by atoms with Gasteiger partial charge in [0.2, 0.25) is 0 Å². The molecule has 11 heteroatoms. The normalized spacial score (nSPS) is 17.7. The average Bonchev–Trinajstić information content (AvgIpc) is 3.60. The number of aromatic nitrogens is 2. The monoisotopic (exact) mass is 550 g/mol. The molecule has 202 valence electrons. The summed E-state index contributed by atoms with van der Waals surface area (Å²) in [6, 6.07) is 11.7. The van der Waals surface area contributed by atoms with Crippen molar-refractivity contribution in [3.63, 3.8) is 0 Å². The Morgan fingerprint density at radius 3 is 2.67 bits per heavy atom. The summed E-state index contributed by atoms with van der Waals surface area (Å²) >= 11 is 1.54. The summed E-state index contributed by atoms with van der Waals surface area (Å²) in [5, 5.41) is 10.5. The van der Waals surface area contributed by atoms with Crippen molar-refractivity contribution in [1.82, 2.24) is 9.55 Å². The summed E-state index contributed by atoms with van der Waals surface area (Å²) in [6.07, 6.45) is 2.19. The zero-order valence-corrected chi connectivity index (χ0v) is 22.1. The number of carboxylic acids is 1. The first-order chi connectivity index (χ1) is 18.9. The van der Waals surface area contributed by atoms with Crippen LogP contribution in [0.1, 0.15) is 16.8 Å². The predicted molar refractivity (Wildman–Crippen MR) is 148 cm³/mol. The first-order valence-corrected chi connectivity index (χ1v) is 13.5. The Morgan fingerprint density at radius 1 is 1.13 bits per heavy atom. The fourth-order valence-corrected chi connectivity index (χ4v) is 6.18. The van der Waals surface area contributed by atoms with Crippen LogP contribution < -0.4 is 15.2 Å². The molecule has 2 aromatic heterocycles. The van der Waals surface area contributed by atoms with E-state index in [1.807, 2.05) is 23.1 Å². The Hall–Kier alpha value is -3.80. The lowest BCUT2D eigenvalue weighted by Crippen LogP contribution is -2.36. The van der Waals surface area contributed by atoms with E-state index in [0.29, 0.717) is 48.9 Å². The van der Waals surface area contributed by atoms with Gasteiger partial charge in [0, 0.05) is 56.8 Å². The number of hydrogen-bond acceptors (Lipinski definition) is 8. The molecule has 2 aromatic carbocycles. The van der Waals surface area contributed by atoms with E-state index in [9.17, 15) is 14.7 Å². The molecule has 2 saturated heterocycles. The van der Waals surface area contributed by atoms with Crippen LogP contribution in [-0.2, 0) is 9.47 Å². The van der Waals surface area contributed by atoms with Crippen LogP contribution in [0.3, 0.4) is 0 Å². The number of rotatable bonds is 6. The fraction of sp³-hybridized carbons (Fsp3) is 0.321. The number of ether oxygens (including phenoxy) is 2. The molecule has 0 bridgehead atoms. The standard InChI is InChI=1S/C28H27FN4O5S/c1-37-19-6-7-32(15-19)23-5-2-17(12-21(23)29)24-14-25(34)20(27(35)36)16-33(24)18-3-4-22-26(13-18)39-28(30-22)31-8-10-38-11-9-31/h2-5,12-14,16,19H,6-11,15H2,1H3,(H,35,36)/t19-/m1/s1. The maximum absolute atomic E-state index is 15.4. The van der Waals surface area contributed by atoms with Crippen molar-refractivity contribution in [2.24, 2.45) is 0 Å². The maximum Gasteiger partial charge on any atom is 0.341 e. The lowest BCUT2D eigenvalue weighted by Gasteiger charge is -2.25. The molecule has 1 N–H and O–H groups in total. The van der Waals surface area contributed by atoms with Gasteiger partial charge in [-0.2, -0.15) is 0 Å². The van der Waals surface area contributed by atoms with Crippen molar-refractivity contribution in [1.29, 1.82) is 0 Å². The highest BCUT2D eigenvalue weighted by atomic mass is 32.1. The number of fused-ring (bicyclic) bond motifs is 1. The van der Waals surface area contributed by atoms with Gasteiger partial charge in [0.25, 0.3) is 0 Å². The van der Waals surface area contributed by atoms with Crippen molar-refractivity contribution in [2.75, 3.05) is 56.3 Å². The van der Waals surface area contributed by atoms with Crippen LogP contribution in [0.4, 0.5) is 15.2 Å². The molecule has 2 aliphatic rings. The molecule has 9 nitrogen and oxygen atoms in total. The summed E-state index contributed by atoms with van der Waals surface area (Å²) in [5.74, 6) is -1.74. The van der Waals surface area contributed by atoms with Crippen LogP contribution in [0, 0.1) is 5.82 Å². The zero-order chi connectivity index (χ0) is 27.1. The molecule has 0 saturated carbocycles. The third-order valence-corrected chi connectivity index (χ3v) is 8.34. The van der Waals surface area contributed by atoms with E-state index in [2.05, 4.69) is 4.90 Å². The van der Waals surface area contributed by atoms with Crippen LogP contribution in [0.15, 0.2) is 53.5 Å². The lowest BCUT2D eigenvalue weighted by molar-refractivity contribution is 0.0694. The number of nitrogens with zero attached hydrogens (tertiary/aromatic N) is 4. The smallest absolute Gasteiger partial charge is 0.341 e. The van der Waals surface area contributed by atoms with Gasteiger partial charge in [-0.1, -0.05) is 17.4 Å². The van der Waals surface area contributed by atoms with Crippen molar-refractivity contribution in [3.05, 3.63) is 70.3 Å². The Morgan fingerprint density at radius 2 is 1.95 bits per heavy atom. The molecule has 39 heavy (non-hydrogen) atoms. The second-order valence-corrected chi connectivity index (χ2v) is 10.6. The molecule has 0 spiro atoms. The number of thiazole rings is 1. The first kappa shape index (κ1) is 25.5. The quantitative estimate of drug-likeness (QED) is 0.385. The molecular weight excluding hydrogens is 523 g/mol. The van der Waals surface area contributed by atoms with Gasteiger partial charge in [-0.3, -0.25) is 4.79 Å². The largest absolute Gasteiger partial charge is 0.477 e. The molecule has 4 heterocycles. The van der Waals surface area contributed by atoms with Gasteiger partial charge in [0.05, 0.1) is 40.9 Å².